The molecule has 0 fully saturated rings. The molecule has 0 saturated carbocycles. The number of nitrogens with zero attached hydrogens (tertiary/aromatic N) is 3. The van der Waals surface area contributed by atoms with Gasteiger partial charge in [-0.05, 0) is 42.3 Å². The largest absolute Gasteiger partial charge is 0.497 e. The van der Waals surface area contributed by atoms with Gasteiger partial charge in [0.05, 0.1) is 12.8 Å². The molecule has 1 heterocycles. The van der Waals surface area contributed by atoms with Crippen molar-refractivity contribution in [2.24, 2.45) is 0 Å². The van der Waals surface area contributed by atoms with Crippen LogP contribution < -0.4 is 14.5 Å². The summed E-state index contributed by atoms with van der Waals surface area (Å²) in [6, 6.07) is 17.2. The molecule has 0 atom stereocenters. The van der Waals surface area contributed by atoms with Gasteiger partial charge in [0.15, 0.2) is 0 Å². The normalized spacial score (nSPS) is 10.6. The molecule has 0 aliphatic heterocycles. The first kappa shape index (κ1) is 17.9. The standard InChI is InChI=1S/C21H25N3O2/c1-16-15-26-21(22-16)24(14-18-8-6-10-20(12-18)25-4)13-17-7-5-9-19(11-17)23(2)3/h5-12,15H,13-14H2,1-4H3. The van der Waals surface area contributed by atoms with Gasteiger partial charge in [-0.3, -0.25) is 0 Å². The van der Waals surface area contributed by atoms with E-state index in [1.165, 1.54) is 11.3 Å². The van der Waals surface area contributed by atoms with Crippen LogP contribution in [0.15, 0.2) is 59.2 Å². The highest BCUT2D eigenvalue weighted by atomic mass is 16.5. The molecule has 26 heavy (non-hydrogen) atoms. The van der Waals surface area contributed by atoms with Gasteiger partial charge in [0, 0.05) is 32.9 Å². The van der Waals surface area contributed by atoms with Crippen molar-refractivity contribution in [1.82, 2.24) is 4.98 Å². The molecule has 0 spiro atoms. The Kier molecular flexibility index (Phi) is 5.46. The van der Waals surface area contributed by atoms with Crippen LogP contribution in [0, 0.1) is 6.92 Å². The lowest BCUT2D eigenvalue weighted by Crippen LogP contribution is -2.22. The quantitative estimate of drug-likeness (QED) is 0.636. The second-order valence-electron chi connectivity index (χ2n) is 6.54. The van der Waals surface area contributed by atoms with Crippen molar-refractivity contribution in [3.8, 4) is 5.75 Å². The average molecular weight is 351 g/mol. The van der Waals surface area contributed by atoms with Crippen LogP contribution >= 0.6 is 0 Å². The first-order chi connectivity index (χ1) is 12.5. The molecule has 0 aliphatic carbocycles. The number of rotatable bonds is 7. The fourth-order valence-corrected chi connectivity index (χ4v) is 2.82. The summed E-state index contributed by atoms with van der Waals surface area (Å²) in [5.74, 6) is 0.848. The molecular formula is C21H25N3O2. The number of aryl methyl sites for hydroxylation is 1. The van der Waals surface area contributed by atoms with E-state index in [0.29, 0.717) is 19.1 Å². The van der Waals surface area contributed by atoms with Gasteiger partial charge in [0.1, 0.15) is 12.0 Å². The second-order valence-corrected chi connectivity index (χ2v) is 6.54. The molecule has 136 valence electrons. The van der Waals surface area contributed by atoms with E-state index in [2.05, 4.69) is 45.1 Å². The number of benzene rings is 2. The molecule has 0 amide bonds. The van der Waals surface area contributed by atoms with Gasteiger partial charge < -0.3 is 19.0 Å². The highest BCUT2D eigenvalue weighted by molar-refractivity contribution is 5.48. The molecule has 0 N–H and O–H groups in total. The van der Waals surface area contributed by atoms with Crippen molar-refractivity contribution >= 4 is 11.7 Å². The van der Waals surface area contributed by atoms with Crippen LogP contribution in [0.2, 0.25) is 0 Å². The first-order valence-electron chi connectivity index (χ1n) is 8.61. The van der Waals surface area contributed by atoms with Crippen LogP contribution in [0.25, 0.3) is 0 Å². The monoisotopic (exact) mass is 351 g/mol. The van der Waals surface area contributed by atoms with Crippen LogP contribution in [-0.4, -0.2) is 26.2 Å². The summed E-state index contributed by atoms with van der Waals surface area (Å²) in [5.41, 5.74) is 4.39. The molecular weight excluding hydrogens is 326 g/mol. The van der Waals surface area contributed by atoms with Crippen molar-refractivity contribution in [3.05, 3.63) is 71.6 Å². The fraction of sp³-hybridized carbons (Fsp3) is 0.286. The maximum absolute atomic E-state index is 5.68. The van der Waals surface area contributed by atoms with Gasteiger partial charge in [-0.2, -0.15) is 4.98 Å². The Labute approximate surface area is 154 Å². The Balaban J connectivity index is 1.87. The number of methoxy groups -OCH3 is 1. The molecule has 0 aliphatic rings. The molecule has 2 aromatic carbocycles. The third-order valence-corrected chi connectivity index (χ3v) is 4.19. The van der Waals surface area contributed by atoms with E-state index in [4.69, 9.17) is 9.15 Å². The van der Waals surface area contributed by atoms with Gasteiger partial charge in [-0.25, -0.2) is 0 Å². The van der Waals surface area contributed by atoms with Gasteiger partial charge in [-0.15, -0.1) is 0 Å². The van der Waals surface area contributed by atoms with Crippen LogP contribution in [0.1, 0.15) is 16.8 Å². The molecule has 5 heteroatoms. The highest BCUT2D eigenvalue weighted by Crippen LogP contribution is 2.23. The van der Waals surface area contributed by atoms with E-state index in [-0.39, 0.29) is 0 Å². The summed E-state index contributed by atoms with van der Waals surface area (Å²) >= 11 is 0. The minimum absolute atomic E-state index is 0.626. The summed E-state index contributed by atoms with van der Waals surface area (Å²) < 4.78 is 11.0. The highest BCUT2D eigenvalue weighted by Gasteiger charge is 2.14. The topological polar surface area (TPSA) is 41.7 Å². The Morgan fingerprint density at radius 2 is 1.69 bits per heavy atom. The third-order valence-electron chi connectivity index (χ3n) is 4.19. The zero-order valence-electron chi connectivity index (χ0n) is 15.8. The molecule has 0 radical (unpaired) electrons. The predicted molar refractivity (Wildman–Crippen MR) is 105 cm³/mol. The van der Waals surface area contributed by atoms with Crippen LogP contribution in [0.5, 0.6) is 5.75 Å². The maximum atomic E-state index is 5.68. The molecule has 0 unspecified atom stereocenters. The SMILES string of the molecule is COc1cccc(CN(Cc2cccc(N(C)C)c2)c2nc(C)co2)c1. The number of anilines is 2. The Morgan fingerprint density at radius 3 is 2.31 bits per heavy atom. The van der Waals surface area contributed by atoms with Crippen molar-refractivity contribution in [2.45, 2.75) is 20.0 Å². The fourth-order valence-electron chi connectivity index (χ4n) is 2.82. The van der Waals surface area contributed by atoms with Crippen molar-refractivity contribution in [2.75, 3.05) is 31.0 Å². The summed E-state index contributed by atoms with van der Waals surface area (Å²) in [5, 5.41) is 0. The zero-order chi connectivity index (χ0) is 18.5. The van der Waals surface area contributed by atoms with Gasteiger partial charge >= 0.3 is 0 Å². The molecule has 0 saturated heterocycles. The molecule has 3 aromatic rings. The second kappa shape index (κ2) is 7.95. The van der Waals surface area contributed by atoms with E-state index >= 15 is 0 Å². The predicted octanol–water partition coefficient (Wildman–Crippen LogP) is 4.26. The summed E-state index contributed by atoms with van der Waals surface area (Å²) in [7, 11) is 5.77. The smallest absolute Gasteiger partial charge is 0.298 e. The Morgan fingerprint density at radius 1 is 1.00 bits per heavy atom. The molecule has 3 rings (SSSR count). The van der Waals surface area contributed by atoms with E-state index in [1.807, 2.05) is 39.2 Å². The Hall–Kier alpha value is -2.95. The minimum atomic E-state index is 0.626. The summed E-state index contributed by atoms with van der Waals surface area (Å²) in [6.07, 6.45) is 1.68. The zero-order valence-corrected chi connectivity index (χ0v) is 15.8. The first-order valence-corrected chi connectivity index (χ1v) is 8.61. The lowest BCUT2D eigenvalue weighted by atomic mass is 10.1. The molecule has 1 aromatic heterocycles. The summed E-state index contributed by atoms with van der Waals surface area (Å²) in [4.78, 5) is 8.76. The molecule has 5 nitrogen and oxygen atoms in total. The van der Waals surface area contributed by atoms with E-state index in [9.17, 15) is 0 Å². The van der Waals surface area contributed by atoms with Crippen LogP contribution in [0.4, 0.5) is 11.7 Å². The summed E-state index contributed by atoms with van der Waals surface area (Å²) in [6.45, 7) is 3.32. The lowest BCUT2D eigenvalue weighted by Gasteiger charge is -2.22. The average Bonchev–Trinajstić information content (AvgIpc) is 3.08. The lowest BCUT2D eigenvalue weighted by molar-refractivity contribution is 0.414. The van der Waals surface area contributed by atoms with Gasteiger partial charge in [-0.1, -0.05) is 24.3 Å². The van der Waals surface area contributed by atoms with Gasteiger partial charge in [0.25, 0.3) is 6.01 Å². The van der Waals surface area contributed by atoms with E-state index in [1.54, 1.807) is 13.4 Å². The number of hydrogen-bond donors (Lipinski definition) is 0. The third kappa shape index (κ3) is 4.36. The maximum Gasteiger partial charge on any atom is 0.298 e. The Bertz CT molecular complexity index is 858. The number of oxazole rings is 1. The van der Waals surface area contributed by atoms with E-state index < -0.39 is 0 Å². The van der Waals surface area contributed by atoms with Crippen LogP contribution in [-0.2, 0) is 13.1 Å². The minimum Gasteiger partial charge on any atom is -0.497 e. The number of hydrogen-bond acceptors (Lipinski definition) is 5. The molecule has 0 bridgehead atoms. The van der Waals surface area contributed by atoms with E-state index in [0.717, 1.165) is 17.0 Å². The van der Waals surface area contributed by atoms with Crippen LogP contribution in [0.3, 0.4) is 0 Å². The van der Waals surface area contributed by atoms with Gasteiger partial charge in [0.2, 0.25) is 0 Å². The number of aromatic nitrogens is 1. The van der Waals surface area contributed by atoms with Crippen molar-refractivity contribution in [1.29, 1.82) is 0 Å². The van der Waals surface area contributed by atoms with Crippen molar-refractivity contribution < 1.29 is 9.15 Å². The number of ether oxygens (including phenoxy) is 1. The van der Waals surface area contributed by atoms with Crippen molar-refractivity contribution in [3.63, 3.8) is 0 Å².